The van der Waals surface area contributed by atoms with E-state index in [0.29, 0.717) is 32.6 Å². The summed E-state index contributed by atoms with van der Waals surface area (Å²) in [7, 11) is 0. The summed E-state index contributed by atoms with van der Waals surface area (Å²) < 4.78 is 20.8. The topological polar surface area (TPSA) is 67.4 Å². The number of benzene rings is 3. The monoisotopic (exact) mass is 552 g/mol. The van der Waals surface area contributed by atoms with Crippen molar-refractivity contribution in [2.45, 2.75) is 62.0 Å². The zero-order valence-electron chi connectivity index (χ0n) is 20.6. The summed E-state index contributed by atoms with van der Waals surface area (Å²) in [6.07, 6.45) is 5.35. The summed E-state index contributed by atoms with van der Waals surface area (Å²) in [5, 5.41) is 6.97. The highest BCUT2D eigenvalue weighted by Crippen LogP contribution is 2.58. The van der Waals surface area contributed by atoms with E-state index in [-0.39, 0.29) is 24.3 Å². The second-order valence-electron chi connectivity index (χ2n) is 10.4. The number of rotatable bonds is 4. The standard InChI is InChI=1S/C30H27Cl2FN2O3/c31-18-6-4-5-17(13-18)24-16-27(36)35-28(30(24)23-11-10-20(33)15-25(23)34-29(30)37)22-14-19(32)9-12-26(22)38-21-7-2-1-3-8-21/h4-6,9-15,21,24,28H,1-3,7-8,16H2,(H,34,37)(H,35,36). The van der Waals surface area contributed by atoms with E-state index in [1.807, 2.05) is 18.2 Å². The fourth-order valence-corrected chi connectivity index (χ4v) is 6.86. The molecule has 0 bridgehead atoms. The van der Waals surface area contributed by atoms with Crippen molar-refractivity contribution in [3.05, 3.63) is 93.2 Å². The Kier molecular flexibility index (Phi) is 6.57. The van der Waals surface area contributed by atoms with E-state index >= 15 is 0 Å². The van der Waals surface area contributed by atoms with Crippen molar-refractivity contribution in [2.75, 3.05) is 5.32 Å². The van der Waals surface area contributed by atoms with Crippen molar-refractivity contribution in [3.8, 4) is 5.75 Å². The van der Waals surface area contributed by atoms with Gasteiger partial charge in [-0.2, -0.15) is 0 Å². The number of hydrogen-bond acceptors (Lipinski definition) is 3. The average molecular weight is 553 g/mol. The molecule has 2 amide bonds. The van der Waals surface area contributed by atoms with E-state index < -0.39 is 23.2 Å². The predicted molar refractivity (Wildman–Crippen MR) is 145 cm³/mol. The third kappa shape index (κ3) is 4.24. The second-order valence-corrected chi connectivity index (χ2v) is 11.3. The molecule has 2 aliphatic heterocycles. The molecule has 1 spiro atoms. The van der Waals surface area contributed by atoms with Crippen LogP contribution in [0.3, 0.4) is 0 Å². The summed E-state index contributed by atoms with van der Waals surface area (Å²) in [6, 6.07) is 16.0. The number of halogens is 3. The van der Waals surface area contributed by atoms with Gasteiger partial charge < -0.3 is 15.4 Å². The van der Waals surface area contributed by atoms with Gasteiger partial charge in [-0.15, -0.1) is 0 Å². The second kappa shape index (κ2) is 9.90. The predicted octanol–water partition coefficient (Wildman–Crippen LogP) is 7.08. The van der Waals surface area contributed by atoms with Crippen molar-refractivity contribution in [1.82, 2.24) is 5.32 Å². The molecule has 2 heterocycles. The molecule has 3 aliphatic rings. The van der Waals surface area contributed by atoms with Crippen LogP contribution in [-0.4, -0.2) is 17.9 Å². The zero-order valence-corrected chi connectivity index (χ0v) is 22.1. The van der Waals surface area contributed by atoms with Crippen LogP contribution in [0.4, 0.5) is 10.1 Å². The van der Waals surface area contributed by atoms with Gasteiger partial charge in [-0.1, -0.05) is 47.8 Å². The SMILES string of the molecule is O=C1CC(c2cccc(Cl)c2)C2(C(=O)Nc3cc(F)ccc32)C(c2cc(Cl)ccc2OC2CCCCC2)N1. The van der Waals surface area contributed by atoms with Gasteiger partial charge >= 0.3 is 0 Å². The Bertz CT molecular complexity index is 1420. The number of piperidine rings is 1. The minimum Gasteiger partial charge on any atom is -0.490 e. The van der Waals surface area contributed by atoms with Crippen LogP contribution in [0.25, 0.3) is 0 Å². The molecule has 5 nitrogen and oxygen atoms in total. The molecule has 1 saturated heterocycles. The fourth-order valence-electron chi connectivity index (χ4n) is 6.48. The lowest BCUT2D eigenvalue weighted by Crippen LogP contribution is -2.57. The molecule has 3 aromatic rings. The van der Waals surface area contributed by atoms with Gasteiger partial charge in [-0.25, -0.2) is 4.39 Å². The van der Waals surface area contributed by atoms with Crippen LogP contribution < -0.4 is 15.4 Å². The molecule has 1 aliphatic carbocycles. The normalized spacial score (nSPS) is 25.1. The van der Waals surface area contributed by atoms with Crippen LogP contribution in [0.1, 0.15) is 67.2 Å². The molecule has 38 heavy (non-hydrogen) atoms. The van der Waals surface area contributed by atoms with Crippen LogP contribution in [0.15, 0.2) is 60.7 Å². The molecular weight excluding hydrogens is 526 g/mol. The summed E-state index contributed by atoms with van der Waals surface area (Å²) in [5.41, 5.74) is 1.08. The van der Waals surface area contributed by atoms with Crippen molar-refractivity contribution >= 4 is 40.7 Å². The van der Waals surface area contributed by atoms with Gasteiger partial charge in [0.25, 0.3) is 0 Å². The summed E-state index contributed by atoms with van der Waals surface area (Å²) >= 11 is 12.9. The van der Waals surface area contributed by atoms with Crippen LogP contribution in [-0.2, 0) is 15.0 Å². The number of anilines is 1. The number of ether oxygens (including phenoxy) is 1. The molecule has 0 aromatic heterocycles. The van der Waals surface area contributed by atoms with Crippen molar-refractivity contribution in [3.63, 3.8) is 0 Å². The third-order valence-electron chi connectivity index (χ3n) is 8.13. The highest BCUT2D eigenvalue weighted by Gasteiger charge is 2.61. The Morgan fingerprint density at radius 2 is 1.71 bits per heavy atom. The van der Waals surface area contributed by atoms with Crippen LogP contribution in [0, 0.1) is 5.82 Å². The Morgan fingerprint density at radius 1 is 0.921 bits per heavy atom. The maximum absolute atomic E-state index is 14.3. The molecule has 8 heteroatoms. The average Bonchev–Trinajstić information content (AvgIpc) is 3.18. The van der Waals surface area contributed by atoms with Gasteiger partial charge in [0.1, 0.15) is 17.0 Å². The molecule has 3 unspecified atom stereocenters. The zero-order chi connectivity index (χ0) is 26.4. The molecule has 1 saturated carbocycles. The lowest BCUT2D eigenvalue weighted by molar-refractivity contribution is -0.131. The maximum Gasteiger partial charge on any atom is 0.238 e. The number of amides is 2. The first-order valence-corrected chi connectivity index (χ1v) is 13.7. The highest BCUT2D eigenvalue weighted by atomic mass is 35.5. The van der Waals surface area contributed by atoms with Gasteiger partial charge in [0.2, 0.25) is 11.8 Å². The Morgan fingerprint density at radius 3 is 2.50 bits per heavy atom. The van der Waals surface area contributed by atoms with Crippen molar-refractivity contribution in [1.29, 1.82) is 0 Å². The number of carbonyl (C=O) groups excluding carboxylic acids is 2. The van der Waals surface area contributed by atoms with Crippen LogP contribution in [0.5, 0.6) is 5.75 Å². The molecule has 0 radical (unpaired) electrons. The quantitative estimate of drug-likeness (QED) is 0.363. The first-order valence-electron chi connectivity index (χ1n) is 13.0. The molecule has 196 valence electrons. The van der Waals surface area contributed by atoms with E-state index in [9.17, 15) is 14.0 Å². The summed E-state index contributed by atoms with van der Waals surface area (Å²) in [5.74, 6) is -0.982. The highest BCUT2D eigenvalue weighted by molar-refractivity contribution is 6.31. The maximum atomic E-state index is 14.3. The van der Waals surface area contributed by atoms with Gasteiger partial charge in [-0.05, 0) is 79.3 Å². The van der Waals surface area contributed by atoms with Gasteiger partial charge in [0, 0.05) is 33.6 Å². The largest absolute Gasteiger partial charge is 0.490 e. The van der Waals surface area contributed by atoms with Crippen LogP contribution >= 0.6 is 23.2 Å². The van der Waals surface area contributed by atoms with Gasteiger partial charge in [0.15, 0.2) is 0 Å². The first kappa shape index (κ1) is 25.2. The molecule has 3 aromatic carbocycles. The minimum absolute atomic E-state index is 0.0430. The summed E-state index contributed by atoms with van der Waals surface area (Å²) in [4.78, 5) is 27.5. The van der Waals surface area contributed by atoms with Crippen molar-refractivity contribution < 1.29 is 18.7 Å². The Hall–Kier alpha value is -3.09. The number of nitrogens with one attached hydrogen (secondary N) is 2. The van der Waals surface area contributed by atoms with Crippen molar-refractivity contribution in [2.24, 2.45) is 0 Å². The number of carbonyl (C=O) groups is 2. The molecule has 3 atom stereocenters. The van der Waals surface area contributed by atoms with E-state index in [4.69, 9.17) is 27.9 Å². The van der Waals surface area contributed by atoms with Gasteiger partial charge in [-0.3, -0.25) is 9.59 Å². The third-order valence-corrected chi connectivity index (χ3v) is 8.60. The first-order chi connectivity index (χ1) is 18.4. The Labute approximate surface area is 230 Å². The van der Waals surface area contributed by atoms with Crippen LogP contribution in [0.2, 0.25) is 10.0 Å². The minimum atomic E-state index is -1.29. The van der Waals surface area contributed by atoms with E-state index in [1.54, 1.807) is 30.3 Å². The molecule has 6 rings (SSSR count). The lowest BCUT2D eigenvalue weighted by Gasteiger charge is -2.46. The lowest BCUT2D eigenvalue weighted by atomic mass is 9.59. The molecular formula is C30H27Cl2FN2O3. The smallest absolute Gasteiger partial charge is 0.238 e. The van der Waals surface area contributed by atoms with E-state index in [2.05, 4.69) is 10.6 Å². The van der Waals surface area contributed by atoms with E-state index in [0.717, 1.165) is 31.2 Å². The summed E-state index contributed by atoms with van der Waals surface area (Å²) in [6.45, 7) is 0. The molecule has 2 fully saturated rings. The Balaban J connectivity index is 1.57. The van der Waals surface area contributed by atoms with E-state index in [1.165, 1.54) is 18.6 Å². The number of fused-ring (bicyclic) bond motifs is 2. The fraction of sp³-hybridized carbons (Fsp3) is 0.333. The molecule has 2 N–H and O–H groups in total. The number of hydrogen-bond donors (Lipinski definition) is 2. The van der Waals surface area contributed by atoms with Gasteiger partial charge in [0.05, 0.1) is 12.1 Å².